The number of halogens is 2. The lowest BCUT2D eigenvalue weighted by atomic mass is 10.3. The van der Waals surface area contributed by atoms with Crippen LogP contribution in [-0.4, -0.2) is 16.5 Å². The number of hydrogen-bond acceptors (Lipinski definition) is 4. The molecule has 0 fully saturated rings. The highest BCUT2D eigenvalue weighted by atomic mass is 35.5. The van der Waals surface area contributed by atoms with E-state index in [1.165, 1.54) is 24.5 Å². The van der Waals surface area contributed by atoms with Gasteiger partial charge in [0.05, 0.1) is 10.6 Å². The summed E-state index contributed by atoms with van der Waals surface area (Å²) >= 11 is 5.91. The van der Waals surface area contributed by atoms with Crippen LogP contribution >= 0.6 is 11.6 Å². The van der Waals surface area contributed by atoms with Crippen molar-refractivity contribution in [2.75, 3.05) is 11.9 Å². The second kappa shape index (κ2) is 5.84. The molecule has 0 unspecified atom stereocenters. The highest BCUT2D eigenvalue weighted by molar-refractivity contribution is 6.32. The van der Waals surface area contributed by atoms with Gasteiger partial charge in [-0.2, -0.15) is 0 Å². The zero-order chi connectivity index (χ0) is 13.8. The van der Waals surface area contributed by atoms with Crippen molar-refractivity contribution in [1.29, 1.82) is 0 Å². The summed E-state index contributed by atoms with van der Waals surface area (Å²) in [5.41, 5.74) is 0.768. The van der Waals surface area contributed by atoms with Crippen molar-refractivity contribution < 1.29 is 9.13 Å². The average molecular weight is 282 g/mol. The molecule has 100 valence electrons. The Morgan fingerprint density at radius 1 is 1.37 bits per heavy atom. The molecule has 4 nitrogen and oxygen atoms in total. The Morgan fingerprint density at radius 3 is 2.84 bits per heavy atom. The highest BCUT2D eigenvalue weighted by Crippen LogP contribution is 2.31. The van der Waals surface area contributed by atoms with E-state index in [2.05, 4.69) is 15.3 Å². The van der Waals surface area contributed by atoms with Crippen LogP contribution in [0, 0.1) is 12.7 Å². The molecule has 6 heteroatoms. The lowest BCUT2D eigenvalue weighted by Gasteiger charge is -2.11. The minimum Gasteiger partial charge on any atom is -0.437 e. The lowest BCUT2D eigenvalue weighted by molar-refractivity contribution is 0.456. The quantitative estimate of drug-likeness (QED) is 0.926. The van der Waals surface area contributed by atoms with Gasteiger partial charge in [-0.25, -0.2) is 14.4 Å². The predicted molar refractivity (Wildman–Crippen MR) is 72.4 cm³/mol. The zero-order valence-electron chi connectivity index (χ0n) is 10.6. The predicted octanol–water partition coefficient (Wildman–Crippen LogP) is 3.80. The van der Waals surface area contributed by atoms with Gasteiger partial charge in [-0.05, 0) is 32.0 Å². The van der Waals surface area contributed by atoms with Crippen molar-refractivity contribution in [3.05, 3.63) is 40.9 Å². The fourth-order valence-electron chi connectivity index (χ4n) is 1.54. The third-order valence-corrected chi connectivity index (χ3v) is 2.78. The van der Waals surface area contributed by atoms with Crippen molar-refractivity contribution in [3.63, 3.8) is 0 Å². The standard InChI is InChI=1S/C13H13ClFN3O/c1-3-16-12-8(2)13(18-7-17-12)19-11-5-4-9(15)6-10(11)14/h4-7H,3H2,1-2H3,(H,16,17,18). The van der Waals surface area contributed by atoms with Crippen molar-refractivity contribution in [2.24, 2.45) is 0 Å². The Kier molecular flexibility index (Phi) is 4.16. The number of nitrogens with zero attached hydrogens (tertiary/aromatic N) is 2. The van der Waals surface area contributed by atoms with Gasteiger partial charge in [0, 0.05) is 6.54 Å². The highest BCUT2D eigenvalue weighted by Gasteiger charge is 2.11. The molecule has 1 heterocycles. The molecule has 0 bridgehead atoms. The summed E-state index contributed by atoms with van der Waals surface area (Å²) < 4.78 is 18.5. The average Bonchev–Trinajstić information content (AvgIpc) is 2.37. The molecule has 0 saturated carbocycles. The molecule has 0 saturated heterocycles. The molecule has 0 aliphatic rings. The van der Waals surface area contributed by atoms with Crippen molar-refractivity contribution in [2.45, 2.75) is 13.8 Å². The van der Waals surface area contributed by atoms with Crippen LogP contribution < -0.4 is 10.1 Å². The van der Waals surface area contributed by atoms with Gasteiger partial charge >= 0.3 is 0 Å². The lowest BCUT2D eigenvalue weighted by Crippen LogP contribution is -2.03. The fraction of sp³-hybridized carbons (Fsp3) is 0.231. The van der Waals surface area contributed by atoms with Gasteiger partial charge in [-0.15, -0.1) is 0 Å². The number of anilines is 1. The van der Waals surface area contributed by atoms with Crippen LogP contribution in [0.4, 0.5) is 10.2 Å². The molecule has 2 aromatic rings. The second-order valence-corrected chi connectivity index (χ2v) is 4.27. The van der Waals surface area contributed by atoms with Crippen LogP contribution in [0.15, 0.2) is 24.5 Å². The summed E-state index contributed by atoms with van der Waals surface area (Å²) in [7, 11) is 0. The molecule has 0 spiro atoms. The van der Waals surface area contributed by atoms with Gasteiger partial charge in [-0.3, -0.25) is 0 Å². The summed E-state index contributed by atoms with van der Waals surface area (Å²) in [5.74, 6) is 1.03. The van der Waals surface area contributed by atoms with Crippen molar-refractivity contribution in [3.8, 4) is 11.6 Å². The van der Waals surface area contributed by atoms with Gasteiger partial charge in [0.1, 0.15) is 23.7 Å². The largest absolute Gasteiger partial charge is 0.437 e. The van der Waals surface area contributed by atoms with Crippen molar-refractivity contribution in [1.82, 2.24) is 9.97 Å². The van der Waals surface area contributed by atoms with Crippen LogP contribution in [-0.2, 0) is 0 Å². The maximum atomic E-state index is 13.0. The molecule has 0 radical (unpaired) electrons. The van der Waals surface area contributed by atoms with E-state index < -0.39 is 5.82 Å². The Labute approximate surface area is 115 Å². The third-order valence-electron chi connectivity index (χ3n) is 2.48. The maximum absolute atomic E-state index is 13.0. The van der Waals surface area contributed by atoms with E-state index >= 15 is 0 Å². The first-order valence-electron chi connectivity index (χ1n) is 5.80. The molecule has 0 aliphatic heterocycles. The smallest absolute Gasteiger partial charge is 0.227 e. The zero-order valence-corrected chi connectivity index (χ0v) is 11.3. The second-order valence-electron chi connectivity index (χ2n) is 3.86. The molecule has 19 heavy (non-hydrogen) atoms. The number of aromatic nitrogens is 2. The normalized spacial score (nSPS) is 10.3. The van der Waals surface area contributed by atoms with Crippen LogP contribution in [0.2, 0.25) is 5.02 Å². The summed E-state index contributed by atoms with van der Waals surface area (Å²) in [6.45, 7) is 4.55. The van der Waals surface area contributed by atoms with Crippen LogP contribution in [0.1, 0.15) is 12.5 Å². The monoisotopic (exact) mass is 281 g/mol. The van der Waals surface area contributed by atoms with Crippen LogP contribution in [0.3, 0.4) is 0 Å². The fourth-order valence-corrected chi connectivity index (χ4v) is 1.75. The molecule has 0 amide bonds. The van der Waals surface area contributed by atoms with Gasteiger partial charge in [0.25, 0.3) is 0 Å². The van der Waals surface area contributed by atoms with Crippen LogP contribution in [0.5, 0.6) is 11.6 Å². The Bertz CT molecular complexity index is 592. The van der Waals surface area contributed by atoms with Crippen molar-refractivity contribution >= 4 is 17.4 Å². The maximum Gasteiger partial charge on any atom is 0.227 e. The molecule has 2 rings (SSSR count). The molecule has 1 aromatic heterocycles. The number of benzene rings is 1. The van der Waals surface area contributed by atoms with E-state index in [-0.39, 0.29) is 5.02 Å². The molecule has 0 aliphatic carbocycles. The molecule has 1 aromatic carbocycles. The van der Waals surface area contributed by atoms with Gasteiger partial charge < -0.3 is 10.1 Å². The van der Waals surface area contributed by atoms with E-state index in [1.807, 2.05) is 13.8 Å². The topological polar surface area (TPSA) is 47.0 Å². The minimum absolute atomic E-state index is 0.197. The molecular weight excluding hydrogens is 269 g/mol. The number of hydrogen-bond donors (Lipinski definition) is 1. The van der Waals surface area contributed by atoms with E-state index in [4.69, 9.17) is 16.3 Å². The number of rotatable bonds is 4. The van der Waals surface area contributed by atoms with E-state index in [1.54, 1.807) is 0 Å². The first kappa shape index (κ1) is 13.5. The summed E-state index contributed by atoms with van der Waals surface area (Å²) in [6, 6.07) is 3.94. The van der Waals surface area contributed by atoms with Gasteiger partial charge in [0.2, 0.25) is 5.88 Å². The Morgan fingerprint density at radius 2 is 2.16 bits per heavy atom. The van der Waals surface area contributed by atoms with Crippen LogP contribution in [0.25, 0.3) is 0 Å². The Balaban J connectivity index is 2.30. The molecular formula is C13H13ClFN3O. The SMILES string of the molecule is CCNc1ncnc(Oc2ccc(F)cc2Cl)c1C. The summed E-state index contributed by atoms with van der Waals surface area (Å²) in [4.78, 5) is 8.17. The third kappa shape index (κ3) is 3.12. The van der Waals surface area contributed by atoms with E-state index in [0.717, 1.165) is 12.1 Å². The summed E-state index contributed by atoms with van der Waals surface area (Å²) in [6.07, 6.45) is 1.40. The van der Waals surface area contributed by atoms with Gasteiger partial charge in [-0.1, -0.05) is 11.6 Å². The first-order valence-corrected chi connectivity index (χ1v) is 6.18. The summed E-state index contributed by atoms with van der Waals surface area (Å²) in [5, 5.41) is 3.30. The minimum atomic E-state index is -0.412. The van der Waals surface area contributed by atoms with Gasteiger partial charge in [0.15, 0.2) is 0 Å². The molecule has 0 atom stereocenters. The van der Waals surface area contributed by atoms with E-state index in [0.29, 0.717) is 17.4 Å². The first-order chi connectivity index (χ1) is 9.11. The molecule has 1 N–H and O–H groups in total. The number of ether oxygens (including phenoxy) is 1. The number of nitrogens with one attached hydrogen (secondary N) is 1. The van der Waals surface area contributed by atoms with E-state index in [9.17, 15) is 4.39 Å². The Hall–Kier alpha value is -1.88.